The summed E-state index contributed by atoms with van der Waals surface area (Å²) in [6.45, 7) is 0.809. The molecular weight excluding hydrogens is 436 g/mol. The van der Waals surface area contributed by atoms with Crippen LogP contribution in [0.2, 0.25) is 0 Å². The lowest BCUT2D eigenvalue weighted by molar-refractivity contribution is 0.0596. The number of ether oxygens (including phenoxy) is 6. The Bertz CT molecular complexity index is 1120. The quantitative estimate of drug-likeness (QED) is 0.479. The number of carbonyl (C=O) groups excluding carboxylic acids is 1. The predicted octanol–water partition coefficient (Wildman–Crippen LogP) is 3.87. The Morgan fingerprint density at radius 2 is 1.94 bits per heavy atom. The van der Waals surface area contributed by atoms with Crippen LogP contribution in [-0.2, 0) is 17.9 Å². The molecule has 0 spiro atoms. The molecule has 2 aromatic carbocycles. The Balaban J connectivity index is 1.49. The Kier molecular flexibility index (Phi) is 6.50. The van der Waals surface area contributed by atoms with E-state index >= 15 is 0 Å². The maximum Gasteiger partial charge on any atom is 0.346 e. The maximum atomic E-state index is 12.4. The number of esters is 1. The van der Waals surface area contributed by atoms with Crippen LogP contribution in [0.5, 0.6) is 28.9 Å². The first-order chi connectivity index (χ1) is 15.6. The number of fused-ring (bicyclic) bond motifs is 1. The first-order valence-corrected chi connectivity index (χ1v) is 10.4. The summed E-state index contributed by atoms with van der Waals surface area (Å²) in [6, 6.07) is 11.0. The molecular formula is C22H22N2O7S. The molecule has 1 N–H and O–H groups in total. The number of hydrogen-bond donors (Lipinski definition) is 1. The Morgan fingerprint density at radius 1 is 1.09 bits per heavy atom. The summed E-state index contributed by atoms with van der Waals surface area (Å²) < 4.78 is 36.5. The van der Waals surface area contributed by atoms with E-state index < -0.39 is 5.97 Å². The molecule has 168 valence electrons. The average Bonchev–Trinajstić information content (AvgIpc) is 3.47. The minimum absolute atomic E-state index is 0.198. The van der Waals surface area contributed by atoms with Crippen molar-refractivity contribution < 1.29 is 33.2 Å². The predicted molar refractivity (Wildman–Crippen MR) is 117 cm³/mol. The van der Waals surface area contributed by atoms with E-state index in [9.17, 15) is 4.79 Å². The summed E-state index contributed by atoms with van der Waals surface area (Å²) in [5.74, 6) is 2.37. The van der Waals surface area contributed by atoms with Crippen LogP contribution in [0.25, 0.3) is 0 Å². The number of rotatable bonds is 9. The number of carbonyl (C=O) groups is 1. The third kappa shape index (κ3) is 4.50. The standard InChI is InChI=1S/C22H22N2O7S/c1-26-15-6-5-14(17(9-15)27-2)10-23-21-19(22(25)28-3)20(24-32-21)29-11-13-4-7-16-18(8-13)31-12-30-16/h4-9,23H,10-12H2,1-3H3. The Morgan fingerprint density at radius 3 is 2.72 bits per heavy atom. The fraction of sp³-hybridized carbons (Fsp3) is 0.273. The highest BCUT2D eigenvalue weighted by Gasteiger charge is 2.24. The smallest absolute Gasteiger partial charge is 0.346 e. The van der Waals surface area contributed by atoms with Crippen LogP contribution in [0.15, 0.2) is 36.4 Å². The van der Waals surface area contributed by atoms with Crippen LogP contribution < -0.4 is 29.0 Å². The molecule has 0 unspecified atom stereocenters. The van der Waals surface area contributed by atoms with Crippen molar-refractivity contribution in [3.63, 3.8) is 0 Å². The summed E-state index contributed by atoms with van der Waals surface area (Å²) in [4.78, 5) is 12.4. The van der Waals surface area contributed by atoms with Gasteiger partial charge in [-0.3, -0.25) is 0 Å². The van der Waals surface area contributed by atoms with Crippen LogP contribution in [-0.4, -0.2) is 38.5 Å². The highest BCUT2D eigenvalue weighted by Crippen LogP contribution is 2.35. The number of nitrogens with one attached hydrogen (secondary N) is 1. The van der Waals surface area contributed by atoms with E-state index in [-0.39, 0.29) is 24.8 Å². The van der Waals surface area contributed by atoms with Gasteiger partial charge in [0.1, 0.15) is 23.1 Å². The fourth-order valence-corrected chi connectivity index (χ4v) is 3.85. The molecule has 0 radical (unpaired) electrons. The first-order valence-electron chi connectivity index (χ1n) is 9.67. The van der Waals surface area contributed by atoms with Gasteiger partial charge in [0.2, 0.25) is 12.7 Å². The van der Waals surface area contributed by atoms with E-state index in [0.29, 0.717) is 34.5 Å². The molecule has 0 fully saturated rings. The molecule has 32 heavy (non-hydrogen) atoms. The van der Waals surface area contributed by atoms with Crippen molar-refractivity contribution in [2.75, 3.05) is 33.4 Å². The molecule has 0 bridgehead atoms. The van der Waals surface area contributed by atoms with Gasteiger partial charge in [-0.25, -0.2) is 4.79 Å². The van der Waals surface area contributed by atoms with Crippen molar-refractivity contribution in [3.05, 3.63) is 53.1 Å². The second-order valence-corrected chi connectivity index (χ2v) is 7.46. The molecule has 1 aromatic heterocycles. The van der Waals surface area contributed by atoms with E-state index in [4.69, 9.17) is 28.4 Å². The molecule has 0 saturated heterocycles. The Labute approximate surface area is 188 Å². The summed E-state index contributed by atoms with van der Waals surface area (Å²) in [7, 11) is 4.50. The third-order valence-electron chi connectivity index (χ3n) is 4.80. The van der Waals surface area contributed by atoms with E-state index in [0.717, 1.165) is 22.7 Å². The highest BCUT2D eigenvalue weighted by atomic mass is 32.1. The molecule has 0 amide bonds. The molecule has 0 aliphatic carbocycles. The number of benzene rings is 2. The molecule has 0 saturated carbocycles. The van der Waals surface area contributed by atoms with Crippen LogP contribution in [0, 0.1) is 0 Å². The minimum Gasteiger partial charge on any atom is -0.497 e. The van der Waals surface area contributed by atoms with Gasteiger partial charge in [0.05, 0.1) is 21.3 Å². The SMILES string of the molecule is COC(=O)c1c(OCc2ccc3c(c2)OCO3)nsc1NCc1ccc(OC)cc1OC. The molecule has 3 aromatic rings. The van der Waals surface area contributed by atoms with Crippen LogP contribution in [0.3, 0.4) is 0 Å². The summed E-state index contributed by atoms with van der Waals surface area (Å²) in [5.41, 5.74) is 1.99. The molecule has 0 atom stereocenters. The summed E-state index contributed by atoms with van der Waals surface area (Å²) in [6.07, 6.45) is 0. The van der Waals surface area contributed by atoms with Gasteiger partial charge in [-0.05, 0) is 41.4 Å². The van der Waals surface area contributed by atoms with Crippen molar-refractivity contribution >= 4 is 22.5 Å². The second-order valence-electron chi connectivity index (χ2n) is 6.69. The topological polar surface area (TPSA) is 97.4 Å². The summed E-state index contributed by atoms with van der Waals surface area (Å²) in [5, 5.41) is 3.76. The molecule has 9 nitrogen and oxygen atoms in total. The van der Waals surface area contributed by atoms with Gasteiger partial charge >= 0.3 is 5.97 Å². The number of hydrogen-bond acceptors (Lipinski definition) is 10. The maximum absolute atomic E-state index is 12.4. The summed E-state index contributed by atoms with van der Waals surface area (Å²) >= 11 is 1.12. The van der Waals surface area contributed by atoms with Gasteiger partial charge in [0.15, 0.2) is 17.1 Å². The van der Waals surface area contributed by atoms with Gasteiger partial charge in [-0.2, -0.15) is 4.37 Å². The number of aromatic nitrogens is 1. The van der Waals surface area contributed by atoms with E-state index in [1.807, 2.05) is 30.3 Å². The van der Waals surface area contributed by atoms with Gasteiger partial charge in [-0.1, -0.05) is 6.07 Å². The minimum atomic E-state index is -0.538. The Hall–Kier alpha value is -3.66. The van der Waals surface area contributed by atoms with Gasteiger partial charge in [0, 0.05) is 18.2 Å². The average molecular weight is 458 g/mol. The molecule has 1 aliphatic rings. The van der Waals surface area contributed by atoms with Crippen LogP contribution in [0.1, 0.15) is 21.5 Å². The zero-order valence-corrected chi connectivity index (χ0v) is 18.6. The first kappa shape index (κ1) is 21.6. The van der Waals surface area contributed by atoms with Crippen LogP contribution in [0.4, 0.5) is 5.00 Å². The monoisotopic (exact) mass is 458 g/mol. The van der Waals surface area contributed by atoms with Crippen molar-refractivity contribution in [3.8, 4) is 28.9 Å². The normalized spacial score (nSPS) is 11.7. The lowest BCUT2D eigenvalue weighted by Gasteiger charge is -2.12. The zero-order chi connectivity index (χ0) is 22.5. The molecule has 1 aliphatic heterocycles. The van der Waals surface area contributed by atoms with E-state index in [1.54, 1.807) is 20.3 Å². The van der Waals surface area contributed by atoms with Crippen molar-refractivity contribution in [2.45, 2.75) is 13.2 Å². The van der Waals surface area contributed by atoms with E-state index in [2.05, 4.69) is 9.69 Å². The molecule has 2 heterocycles. The van der Waals surface area contributed by atoms with Crippen molar-refractivity contribution in [1.82, 2.24) is 4.37 Å². The molecule has 10 heteroatoms. The van der Waals surface area contributed by atoms with Gasteiger partial charge in [-0.15, -0.1) is 0 Å². The number of anilines is 1. The number of nitrogens with zero attached hydrogens (tertiary/aromatic N) is 1. The lowest BCUT2D eigenvalue weighted by atomic mass is 10.2. The van der Waals surface area contributed by atoms with E-state index in [1.165, 1.54) is 7.11 Å². The third-order valence-corrected chi connectivity index (χ3v) is 5.58. The lowest BCUT2D eigenvalue weighted by Crippen LogP contribution is -2.09. The fourth-order valence-electron chi connectivity index (χ4n) is 3.13. The second kappa shape index (κ2) is 9.65. The van der Waals surface area contributed by atoms with Crippen molar-refractivity contribution in [2.24, 2.45) is 0 Å². The van der Waals surface area contributed by atoms with Gasteiger partial charge in [0.25, 0.3) is 0 Å². The van der Waals surface area contributed by atoms with Crippen molar-refractivity contribution in [1.29, 1.82) is 0 Å². The largest absolute Gasteiger partial charge is 0.497 e. The number of methoxy groups -OCH3 is 3. The highest BCUT2D eigenvalue weighted by molar-refractivity contribution is 7.10. The molecule has 4 rings (SSSR count). The van der Waals surface area contributed by atoms with Gasteiger partial charge < -0.3 is 33.7 Å². The zero-order valence-electron chi connectivity index (χ0n) is 17.8. The van der Waals surface area contributed by atoms with Crippen LogP contribution >= 0.6 is 11.5 Å².